The molecular weight excluding hydrogens is 385 g/mol. The summed E-state index contributed by atoms with van der Waals surface area (Å²) in [7, 11) is -3.74. The lowest BCUT2D eigenvalue weighted by Gasteiger charge is -2.13. The van der Waals surface area contributed by atoms with Crippen molar-refractivity contribution in [3.63, 3.8) is 0 Å². The van der Waals surface area contributed by atoms with E-state index in [1.165, 1.54) is 12.1 Å². The molecule has 136 valence electrons. The van der Waals surface area contributed by atoms with Gasteiger partial charge < -0.3 is 9.47 Å². The van der Waals surface area contributed by atoms with Crippen molar-refractivity contribution >= 4 is 33.2 Å². The summed E-state index contributed by atoms with van der Waals surface area (Å²) in [6.07, 6.45) is 0. The summed E-state index contributed by atoms with van der Waals surface area (Å²) in [5.74, 6) is 0.890. The van der Waals surface area contributed by atoms with Gasteiger partial charge in [0.15, 0.2) is 11.5 Å². The first-order valence-electron chi connectivity index (χ1n) is 7.70. The maximum Gasteiger partial charge on any atom is 0.241 e. The minimum atomic E-state index is -3.74. The van der Waals surface area contributed by atoms with Gasteiger partial charge in [0.25, 0.3) is 0 Å². The molecule has 8 heteroatoms. The van der Waals surface area contributed by atoms with Crippen LogP contribution < -0.4 is 14.2 Å². The lowest BCUT2D eigenvalue weighted by Crippen LogP contribution is -2.23. The van der Waals surface area contributed by atoms with Crippen molar-refractivity contribution in [2.45, 2.75) is 25.3 Å². The maximum atomic E-state index is 12.5. The third-order valence-electron chi connectivity index (χ3n) is 3.29. The molecule has 25 heavy (non-hydrogen) atoms. The highest BCUT2D eigenvalue weighted by atomic mass is 35.5. The Bertz CT molecular complexity index is 841. The Labute approximate surface area is 157 Å². The number of hydrogen-bond acceptors (Lipinski definition) is 4. The summed E-state index contributed by atoms with van der Waals surface area (Å²) in [6.45, 7) is 4.57. The smallest absolute Gasteiger partial charge is 0.241 e. The fraction of sp³-hybridized carbons (Fsp3) is 0.294. The average molecular weight is 404 g/mol. The molecule has 0 aromatic heterocycles. The number of hydrogen-bond donors (Lipinski definition) is 1. The molecule has 1 N–H and O–H groups in total. The molecule has 0 aliphatic rings. The SMILES string of the molecule is CCOc1ccc(S(=O)(=O)NCc2ccc(Cl)cc2Cl)cc1OCC. The first-order valence-corrected chi connectivity index (χ1v) is 9.94. The van der Waals surface area contributed by atoms with Crippen molar-refractivity contribution in [3.05, 3.63) is 52.0 Å². The summed E-state index contributed by atoms with van der Waals surface area (Å²) in [4.78, 5) is 0.0875. The predicted molar refractivity (Wildman–Crippen MR) is 99.3 cm³/mol. The Morgan fingerprint density at radius 2 is 1.64 bits per heavy atom. The van der Waals surface area contributed by atoms with Gasteiger partial charge in [0.2, 0.25) is 10.0 Å². The van der Waals surface area contributed by atoms with E-state index in [1.54, 1.807) is 24.3 Å². The van der Waals surface area contributed by atoms with Gasteiger partial charge in [-0.05, 0) is 43.7 Å². The molecule has 2 aromatic carbocycles. The third kappa shape index (κ3) is 5.25. The van der Waals surface area contributed by atoms with E-state index in [0.29, 0.717) is 40.3 Å². The van der Waals surface area contributed by atoms with Gasteiger partial charge in [0, 0.05) is 22.7 Å². The second kappa shape index (κ2) is 8.76. The van der Waals surface area contributed by atoms with E-state index in [1.807, 2.05) is 13.8 Å². The molecule has 0 heterocycles. The summed E-state index contributed by atoms with van der Waals surface area (Å²) in [5, 5.41) is 0.890. The van der Waals surface area contributed by atoms with Crippen molar-refractivity contribution in [2.24, 2.45) is 0 Å². The van der Waals surface area contributed by atoms with Gasteiger partial charge in [0.05, 0.1) is 18.1 Å². The summed E-state index contributed by atoms with van der Waals surface area (Å²) >= 11 is 11.9. The number of halogens is 2. The zero-order chi connectivity index (χ0) is 18.4. The van der Waals surface area contributed by atoms with Crippen molar-refractivity contribution in [1.82, 2.24) is 4.72 Å². The third-order valence-corrected chi connectivity index (χ3v) is 5.28. The summed E-state index contributed by atoms with van der Waals surface area (Å²) in [5.41, 5.74) is 0.630. The molecule has 0 radical (unpaired) electrons. The second-order valence-electron chi connectivity index (χ2n) is 5.03. The van der Waals surface area contributed by atoms with Crippen molar-refractivity contribution < 1.29 is 17.9 Å². The van der Waals surface area contributed by atoms with Crippen molar-refractivity contribution in [1.29, 1.82) is 0 Å². The summed E-state index contributed by atoms with van der Waals surface area (Å²) < 4.78 is 38.5. The largest absolute Gasteiger partial charge is 0.490 e. The van der Waals surface area contributed by atoms with Crippen LogP contribution in [0.1, 0.15) is 19.4 Å². The van der Waals surface area contributed by atoms with Gasteiger partial charge in [-0.2, -0.15) is 0 Å². The Kier molecular flexibility index (Phi) is 6.95. The van der Waals surface area contributed by atoms with Gasteiger partial charge in [-0.25, -0.2) is 13.1 Å². The molecule has 0 fully saturated rings. The van der Waals surface area contributed by atoms with Crippen LogP contribution in [0.4, 0.5) is 0 Å². The van der Waals surface area contributed by atoms with Gasteiger partial charge in [-0.15, -0.1) is 0 Å². The van der Waals surface area contributed by atoms with E-state index in [2.05, 4.69) is 4.72 Å². The molecule has 2 rings (SSSR count). The zero-order valence-electron chi connectivity index (χ0n) is 13.9. The van der Waals surface area contributed by atoms with Crippen molar-refractivity contribution in [3.8, 4) is 11.5 Å². The number of ether oxygens (including phenoxy) is 2. The highest BCUT2D eigenvalue weighted by Crippen LogP contribution is 2.30. The predicted octanol–water partition coefficient (Wildman–Crippen LogP) is 4.27. The highest BCUT2D eigenvalue weighted by Gasteiger charge is 2.18. The topological polar surface area (TPSA) is 64.6 Å². The number of benzene rings is 2. The lowest BCUT2D eigenvalue weighted by atomic mass is 10.2. The fourth-order valence-corrected chi connectivity index (χ4v) is 3.62. The first kappa shape index (κ1) is 19.8. The molecule has 5 nitrogen and oxygen atoms in total. The minimum Gasteiger partial charge on any atom is -0.490 e. The van der Waals surface area contributed by atoms with E-state index in [-0.39, 0.29) is 11.4 Å². The molecule has 0 bridgehead atoms. The molecular formula is C17H19Cl2NO4S. The van der Waals surface area contributed by atoms with Crippen molar-refractivity contribution in [2.75, 3.05) is 13.2 Å². The Hall–Kier alpha value is -1.47. The zero-order valence-corrected chi connectivity index (χ0v) is 16.2. The second-order valence-corrected chi connectivity index (χ2v) is 7.65. The monoisotopic (exact) mass is 403 g/mol. The molecule has 0 atom stereocenters. The van der Waals surface area contributed by atoms with E-state index in [4.69, 9.17) is 32.7 Å². The fourth-order valence-electron chi connectivity index (χ4n) is 2.12. The van der Waals surface area contributed by atoms with Crippen LogP contribution in [-0.2, 0) is 16.6 Å². The molecule has 0 spiro atoms. The number of nitrogens with one attached hydrogen (secondary N) is 1. The van der Waals surface area contributed by atoms with Crippen LogP contribution in [0, 0.1) is 0 Å². The highest BCUT2D eigenvalue weighted by molar-refractivity contribution is 7.89. The minimum absolute atomic E-state index is 0.0511. The average Bonchev–Trinajstić information content (AvgIpc) is 2.56. The van der Waals surface area contributed by atoms with Crippen LogP contribution in [-0.4, -0.2) is 21.6 Å². The van der Waals surface area contributed by atoms with Gasteiger partial charge in [-0.1, -0.05) is 29.3 Å². The Morgan fingerprint density at radius 1 is 0.960 bits per heavy atom. The van der Waals surface area contributed by atoms with Gasteiger partial charge in [0.1, 0.15) is 0 Å². The molecule has 0 saturated heterocycles. The van der Waals surface area contributed by atoms with E-state index < -0.39 is 10.0 Å². The Morgan fingerprint density at radius 3 is 2.28 bits per heavy atom. The molecule has 0 saturated carbocycles. The number of sulfonamides is 1. The summed E-state index contributed by atoms with van der Waals surface area (Å²) in [6, 6.07) is 9.40. The molecule has 0 aliphatic carbocycles. The van der Waals surface area contributed by atoms with E-state index >= 15 is 0 Å². The standard InChI is InChI=1S/C17H19Cl2NO4S/c1-3-23-16-8-7-14(10-17(16)24-4-2)25(21,22)20-11-12-5-6-13(18)9-15(12)19/h5-10,20H,3-4,11H2,1-2H3. The molecule has 0 unspecified atom stereocenters. The van der Waals surface area contributed by atoms with Crippen LogP contribution >= 0.6 is 23.2 Å². The number of rotatable bonds is 8. The van der Waals surface area contributed by atoms with E-state index in [0.717, 1.165) is 0 Å². The quantitative estimate of drug-likeness (QED) is 0.714. The van der Waals surface area contributed by atoms with Crippen LogP contribution in [0.2, 0.25) is 10.0 Å². The van der Waals surface area contributed by atoms with Gasteiger partial charge >= 0.3 is 0 Å². The van der Waals surface area contributed by atoms with E-state index in [9.17, 15) is 8.42 Å². The molecule has 0 amide bonds. The van der Waals surface area contributed by atoms with Crippen LogP contribution in [0.15, 0.2) is 41.3 Å². The normalized spacial score (nSPS) is 11.4. The van der Waals surface area contributed by atoms with Crippen LogP contribution in [0.25, 0.3) is 0 Å². The first-order chi connectivity index (χ1) is 11.9. The molecule has 0 aliphatic heterocycles. The molecule has 2 aromatic rings. The maximum absolute atomic E-state index is 12.5. The van der Waals surface area contributed by atoms with Crippen LogP contribution in [0.5, 0.6) is 11.5 Å². The lowest BCUT2D eigenvalue weighted by molar-refractivity contribution is 0.287. The Balaban J connectivity index is 2.22. The van der Waals surface area contributed by atoms with Gasteiger partial charge in [-0.3, -0.25) is 0 Å². The van der Waals surface area contributed by atoms with Crippen LogP contribution in [0.3, 0.4) is 0 Å².